The smallest absolute Gasteiger partial charge is 0.283 e. The van der Waals surface area contributed by atoms with Crippen molar-refractivity contribution >= 4 is 40.8 Å². The Kier molecular flexibility index (Phi) is 6.44. The van der Waals surface area contributed by atoms with E-state index in [1.54, 1.807) is 6.92 Å². The summed E-state index contributed by atoms with van der Waals surface area (Å²) in [6.45, 7) is 0.629. The Morgan fingerprint density at radius 3 is 2.77 bits per heavy atom. The summed E-state index contributed by atoms with van der Waals surface area (Å²) in [6.07, 6.45) is -0.769. The van der Waals surface area contributed by atoms with Gasteiger partial charge in [-0.2, -0.15) is 0 Å². The number of hydrogen-bond donors (Lipinski definition) is 2. The number of aliphatic imine (C=N–C) groups is 1. The highest BCUT2D eigenvalue weighted by Gasteiger charge is 2.47. The molecule has 2 aromatic rings. The monoisotopic (exact) mass is 458 g/mol. The molecule has 0 fully saturated rings. The normalized spacial score (nSPS) is 23.5. The van der Waals surface area contributed by atoms with Gasteiger partial charge in [-0.1, -0.05) is 23.2 Å². The van der Waals surface area contributed by atoms with Crippen molar-refractivity contribution in [3.05, 3.63) is 57.6 Å². The molecule has 160 valence electrons. The number of anilines is 1. The zero-order chi connectivity index (χ0) is 22.1. The number of aromatic nitrogens is 1. The number of pyridine rings is 1. The molecule has 3 N–H and O–H groups in total. The number of amidine groups is 1. The van der Waals surface area contributed by atoms with Crippen LogP contribution in [-0.4, -0.2) is 42.9 Å². The van der Waals surface area contributed by atoms with E-state index in [-0.39, 0.29) is 33.0 Å². The summed E-state index contributed by atoms with van der Waals surface area (Å²) in [7, 11) is 1.34. The molecule has 1 aliphatic heterocycles. The molecule has 2 heterocycles. The molecule has 1 aromatic heterocycles. The number of methoxy groups -OCH3 is 1. The van der Waals surface area contributed by atoms with Crippen LogP contribution in [0.25, 0.3) is 0 Å². The van der Waals surface area contributed by atoms with Gasteiger partial charge in [-0.3, -0.25) is 4.79 Å². The average molecular weight is 459 g/mol. The Labute approximate surface area is 181 Å². The van der Waals surface area contributed by atoms with Crippen molar-refractivity contribution in [2.45, 2.75) is 24.7 Å². The van der Waals surface area contributed by atoms with Crippen LogP contribution in [0, 0.1) is 5.82 Å². The van der Waals surface area contributed by atoms with E-state index in [9.17, 15) is 13.6 Å². The van der Waals surface area contributed by atoms with Gasteiger partial charge < -0.3 is 20.5 Å². The molecule has 1 amide bonds. The highest BCUT2D eigenvalue weighted by Crippen LogP contribution is 2.39. The fourth-order valence-electron chi connectivity index (χ4n) is 3.37. The van der Waals surface area contributed by atoms with Gasteiger partial charge in [0.25, 0.3) is 11.9 Å². The van der Waals surface area contributed by atoms with E-state index in [4.69, 9.17) is 38.4 Å². The van der Waals surface area contributed by atoms with Gasteiger partial charge in [0.05, 0.1) is 10.0 Å². The highest BCUT2D eigenvalue weighted by molar-refractivity contribution is 6.36. The Hall–Kier alpha value is -2.49. The highest BCUT2D eigenvalue weighted by atomic mass is 35.5. The van der Waals surface area contributed by atoms with Crippen molar-refractivity contribution in [3.63, 3.8) is 0 Å². The van der Waals surface area contributed by atoms with Gasteiger partial charge in [0.2, 0.25) is 0 Å². The molecule has 0 saturated carbocycles. The fourth-order valence-corrected chi connectivity index (χ4v) is 3.83. The number of nitrogens with zero attached hydrogens (tertiary/aromatic N) is 2. The van der Waals surface area contributed by atoms with E-state index in [1.165, 1.54) is 31.5 Å². The SMILES string of the molecule is CO[C@H]1[C@@H](CF)OC(N)=N[C@]1(C)c1cc(NC(=O)c2ncc(Cl)cc2Cl)ccc1F. The Balaban J connectivity index is 1.98. The Morgan fingerprint density at radius 1 is 1.40 bits per heavy atom. The number of nitrogens with one attached hydrogen (secondary N) is 1. The standard InChI is InChI=1S/C19H18Cl2F2N4O3/c1-19(16(29-2)14(7-22)30-18(24)27-19)11-6-10(3-4-13(11)23)26-17(28)15-12(21)5-9(20)8-25-15/h3-6,8,14,16H,7H2,1-2H3,(H2,24,27)(H,26,28)/t14-,16+,19-/m1/s1. The summed E-state index contributed by atoms with van der Waals surface area (Å²) in [5, 5.41) is 2.92. The molecule has 30 heavy (non-hydrogen) atoms. The number of carbonyl (C=O) groups excluding carboxylic acids is 1. The van der Waals surface area contributed by atoms with Gasteiger partial charge in [0.1, 0.15) is 29.8 Å². The van der Waals surface area contributed by atoms with Crippen molar-refractivity contribution in [2.24, 2.45) is 10.7 Å². The second-order valence-electron chi connectivity index (χ2n) is 6.70. The van der Waals surface area contributed by atoms with Crippen molar-refractivity contribution in [1.29, 1.82) is 0 Å². The van der Waals surface area contributed by atoms with Crippen LogP contribution in [0.15, 0.2) is 35.5 Å². The molecular formula is C19H18Cl2F2N4O3. The summed E-state index contributed by atoms with van der Waals surface area (Å²) in [4.78, 5) is 20.6. The third-order valence-corrected chi connectivity index (χ3v) is 5.20. The summed E-state index contributed by atoms with van der Waals surface area (Å²) in [6, 6.07) is 4.94. The van der Waals surface area contributed by atoms with Crippen LogP contribution in [0.4, 0.5) is 14.5 Å². The third-order valence-electron chi connectivity index (χ3n) is 4.70. The van der Waals surface area contributed by atoms with E-state index >= 15 is 0 Å². The second-order valence-corrected chi connectivity index (χ2v) is 7.54. The molecule has 11 heteroatoms. The number of ether oxygens (including phenoxy) is 2. The molecule has 1 aromatic carbocycles. The van der Waals surface area contributed by atoms with Crippen molar-refractivity contribution in [1.82, 2.24) is 4.98 Å². The van der Waals surface area contributed by atoms with Crippen molar-refractivity contribution < 1.29 is 23.0 Å². The van der Waals surface area contributed by atoms with Gasteiger partial charge in [0.15, 0.2) is 6.10 Å². The first-order valence-corrected chi connectivity index (χ1v) is 9.48. The van der Waals surface area contributed by atoms with Crippen LogP contribution in [-0.2, 0) is 15.0 Å². The minimum absolute atomic E-state index is 0.0343. The number of benzene rings is 1. The van der Waals surface area contributed by atoms with Crippen molar-refractivity contribution in [2.75, 3.05) is 19.1 Å². The van der Waals surface area contributed by atoms with E-state index < -0.39 is 36.1 Å². The second kappa shape index (κ2) is 8.71. The number of halogens is 4. The first-order chi connectivity index (χ1) is 14.2. The van der Waals surface area contributed by atoms with Crippen LogP contribution < -0.4 is 11.1 Å². The number of nitrogens with two attached hydrogens (primary N) is 1. The average Bonchev–Trinajstić information content (AvgIpc) is 2.68. The quantitative estimate of drug-likeness (QED) is 0.711. The summed E-state index contributed by atoms with van der Waals surface area (Å²) in [5.74, 6) is -1.27. The topological polar surface area (TPSA) is 98.8 Å². The van der Waals surface area contributed by atoms with E-state index in [0.717, 1.165) is 6.07 Å². The molecule has 0 radical (unpaired) electrons. The lowest BCUT2D eigenvalue weighted by molar-refractivity contribution is -0.0705. The van der Waals surface area contributed by atoms with Crippen LogP contribution in [0.3, 0.4) is 0 Å². The molecule has 3 atom stereocenters. The molecule has 7 nitrogen and oxygen atoms in total. The van der Waals surface area contributed by atoms with Crippen LogP contribution in [0.5, 0.6) is 0 Å². The number of alkyl halides is 1. The molecule has 1 aliphatic rings. The minimum atomic E-state index is -1.41. The largest absolute Gasteiger partial charge is 0.456 e. The molecule has 0 unspecified atom stereocenters. The predicted molar refractivity (Wildman–Crippen MR) is 109 cm³/mol. The Morgan fingerprint density at radius 2 is 2.13 bits per heavy atom. The molecule has 0 bridgehead atoms. The molecule has 3 rings (SSSR count). The molecular weight excluding hydrogens is 441 g/mol. The maximum Gasteiger partial charge on any atom is 0.283 e. The number of hydrogen-bond acceptors (Lipinski definition) is 6. The zero-order valence-electron chi connectivity index (χ0n) is 16.0. The van der Waals surface area contributed by atoms with Gasteiger partial charge >= 0.3 is 0 Å². The van der Waals surface area contributed by atoms with Crippen molar-refractivity contribution in [3.8, 4) is 0 Å². The minimum Gasteiger partial charge on any atom is -0.456 e. The predicted octanol–water partition coefficient (Wildman–Crippen LogP) is 3.69. The fraction of sp³-hybridized carbons (Fsp3) is 0.316. The lowest BCUT2D eigenvalue weighted by Crippen LogP contribution is -2.53. The van der Waals surface area contributed by atoms with Gasteiger partial charge in [0, 0.05) is 24.6 Å². The number of rotatable bonds is 5. The molecule has 0 spiro atoms. The summed E-state index contributed by atoms with van der Waals surface area (Å²) >= 11 is 11.8. The van der Waals surface area contributed by atoms with E-state index in [1.807, 2.05) is 0 Å². The zero-order valence-corrected chi connectivity index (χ0v) is 17.5. The van der Waals surface area contributed by atoms with Gasteiger partial charge in [-0.05, 0) is 31.2 Å². The number of carbonyl (C=O) groups is 1. The van der Waals surface area contributed by atoms with Crippen LogP contribution >= 0.6 is 23.2 Å². The van der Waals surface area contributed by atoms with Gasteiger partial charge in [-0.25, -0.2) is 18.8 Å². The van der Waals surface area contributed by atoms with E-state index in [2.05, 4.69) is 15.3 Å². The summed E-state index contributed by atoms with van der Waals surface area (Å²) in [5.41, 5.74) is 4.49. The van der Waals surface area contributed by atoms with Gasteiger partial charge in [-0.15, -0.1) is 0 Å². The Bertz CT molecular complexity index is 1010. The summed E-state index contributed by atoms with van der Waals surface area (Å²) < 4.78 is 38.8. The maximum absolute atomic E-state index is 14.8. The molecule has 0 aliphatic carbocycles. The molecule has 0 saturated heterocycles. The first kappa shape index (κ1) is 22.2. The van der Waals surface area contributed by atoms with Crippen LogP contribution in [0.2, 0.25) is 10.0 Å². The van der Waals surface area contributed by atoms with E-state index in [0.29, 0.717) is 0 Å². The third kappa shape index (κ3) is 4.19. The number of amides is 1. The first-order valence-electron chi connectivity index (χ1n) is 8.72. The lowest BCUT2D eigenvalue weighted by Gasteiger charge is -2.41. The van der Waals surface area contributed by atoms with Crippen LogP contribution in [0.1, 0.15) is 23.0 Å². The lowest BCUT2D eigenvalue weighted by atomic mass is 9.83. The maximum atomic E-state index is 14.8.